The second kappa shape index (κ2) is 7.79. The van der Waals surface area contributed by atoms with Crippen LogP contribution in [0.4, 0.5) is 0 Å². The molecular weight excluding hydrogens is 342 g/mol. The van der Waals surface area contributed by atoms with Crippen molar-refractivity contribution in [2.45, 2.75) is 12.5 Å². The fourth-order valence-corrected chi connectivity index (χ4v) is 4.08. The number of aromatic nitrogens is 1. The predicted octanol–water partition coefficient (Wildman–Crippen LogP) is 3.88. The van der Waals surface area contributed by atoms with Crippen molar-refractivity contribution >= 4 is 11.3 Å². The zero-order chi connectivity index (χ0) is 17.8. The van der Waals surface area contributed by atoms with Crippen molar-refractivity contribution in [3.8, 4) is 27.6 Å². The van der Waals surface area contributed by atoms with Crippen LogP contribution in [0.25, 0.3) is 21.6 Å². The first-order chi connectivity index (χ1) is 12.8. The van der Waals surface area contributed by atoms with Crippen molar-refractivity contribution in [3.63, 3.8) is 0 Å². The molecule has 0 bridgehead atoms. The fraction of sp³-hybridized carbons (Fsp3) is 0.238. The summed E-state index contributed by atoms with van der Waals surface area (Å²) in [6, 6.07) is 16.4. The Hall–Kier alpha value is -2.52. The summed E-state index contributed by atoms with van der Waals surface area (Å²) in [7, 11) is 0. The Balaban J connectivity index is 1.78. The summed E-state index contributed by atoms with van der Waals surface area (Å²) in [5, 5.41) is 12.5. The molecule has 1 N–H and O–H groups in total. The van der Waals surface area contributed by atoms with Gasteiger partial charge in [0.05, 0.1) is 34.7 Å². The summed E-state index contributed by atoms with van der Waals surface area (Å²) in [6.07, 6.45) is 2.98. The number of nitriles is 1. The van der Waals surface area contributed by atoms with Crippen LogP contribution < -0.4 is 5.32 Å². The summed E-state index contributed by atoms with van der Waals surface area (Å²) in [5.74, 6) is 0. The number of thiazole rings is 1. The largest absolute Gasteiger partial charge is 0.375 e. The van der Waals surface area contributed by atoms with E-state index in [1.165, 1.54) is 16.7 Å². The van der Waals surface area contributed by atoms with Gasteiger partial charge in [0.1, 0.15) is 0 Å². The Morgan fingerprint density at radius 3 is 2.81 bits per heavy atom. The number of ether oxygens (including phenoxy) is 1. The zero-order valence-corrected chi connectivity index (χ0v) is 15.1. The smallest absolute Gasteiger partial charge is 0.0991 e. The van der Waals surface area contributed by atoms with Crippen LogP contribution >= 0.6 is 11.3 Å². The van der Waals surface area contributed by atoms with Gasteiger partial charge in [-0.25, -0.2) is 0 Å². The van der Waals surface area contributed by atoms with E-state index in [1.807, 2.05) is 36.0 Å². The van der Waals surface area contributed by atoms with Gasteiger partial charge in [-0.05, 0) is 28.8 Å². The third-order valence-corrected chi connectivity index (χ3v) is 5.40. The maximum atomic E-state index is 9.05. The molecule has 4 rings (SSSR count). The number of rotatable bonds is 4. The first kappa shape index (κ1) is 16.9. The molecule has 1 aliphatic rings. The fourth-order valence-electron chi connectivity index (χ4n) is 3.36. The summed E-state index contributed by atoms with van der Waals surface area (Å²) in [5.41, 5.74) is 7.30. The molecule has 5 heteroatoms. The van der Waals surface area contributed by atoms with Crippen molar-refractivity contribution in [3.05, 3.63) is 65.3 Å². The van der Waals surface area contributed by atoms with Crippen molar-refractivity contribution in [1.82, 2.24) is 10.3 Å². The van der Waals surface area contributed by atoms with Crippen LogP contribution in [-0.4, -0.2) is 30.8 Å². The van der Waals surface area contributed by atoms with Crippen LogP contribution in [-0.2, 0) is 11.2 Å². The van der Waals surface area contributed by atoms with E-state index in [0.29, 0.717) is 5.56 Å². The van der Waals surface area contributed by atoms with Gasteiger partial charge in [0.2, 0.25) is 0 Å². The third kappa shape index (κ3) is 3.54. The molecule has 1 aliphatic heterocycles. The molecule has 0 spiro atoms. The highest BCUT2D eigenvalue weighted by atomic mass is 32.1. The second-order valence-corrected chi connectivity index (χ2v) is 7.18. The van der Waals surface area contributed by atoms with Crippen LogP contribution in [0.15, 0.2) is 54.2 Å². The molecule has 130 valence electrons. The van der Waals surface area contributed by atoms with Gasteiger partial charge in [0.15, 0.2) is 0 Å². The SMILES string of the molecule is N#Cc1ccc(-c2cccc(CC3CNCCO3)c2-c2cncs2)cc1. The van der Waals surface area contributed by atoms with Crippen molar-refractivity contribution in [2.75, 3.05) is 19.7 Å². The standard InChI is InChI=1S/C21H19N3OS/c22-11-15-4-6-16(7-5-15)19-3-1-2-17(10-18-12-23-8-9-25-18)21(19)20-13-24-14-26-20/h1-7,13-14,18,23H,8-10,12H2. The molecule has 26 heavy (non-hydrogen) atoms. The van der Waals surface area contributed by atoms with Gasteiger partial charge in [-0.3, -0.25) is 4.98 Å². The van der Waals surface area contributed by atoms with E-state index in [4.69, 9.17) is 10.00 Å². The molecule has 0 saturated carbocycles. The number of nitrogens with zero attached hydrogens (tertiary/aromatic N) is 2. The van der Waals surface area contributed by atoms with Gasteiger partial charge in [0, 0.05) is 31.3 Å². The quantitative estimate of drug-likeness (QED) is 0.766. The lowest BCUT2D eigenvalue weighted by Gasteiger charge is -2.25. The Kier molecular flexibility index (Phi) is 5.07. The van der Waals surface area contributed by atoms with Crippen LogP contribution in [0, 0.1) is 11.3 Å². The Morgan fingerprint density at radius 2 is 2.12 bits per heavy atom. The Morgan fingerprint density at radius 1 is 1.23 bits per heavy atom. The molecule has 1 saturated heterocycles. The number of nitrogens with one attached hydrogen (secondary N) is 1. The maximum absolute atomic E-state index is 9.05. The van der Waals surface area contributed by atoms with E-state index in [2.05, 4.69) is 34.6 Å². The minimum absolute atomic E-state index is 0.187. The second-order valence-electron chi connectivity index (χ2n) is 6.30. The number of morpholine rings is 1. The van der Waals surface area contributed by atoms with E-state index < -0.39 is 0 Å². The maximum Gasteiger partial charge on any atom is 0.0991 e. The predicted molar refractivity (Wildman–Crippen MR) is 104 cm³/mol. The minimum atomic E-state index is 0.187. The Labute approximate surface area is 157 Å². The lowest BCUT2D eigenvalue weighted by Crippen LogP contribution is -2.39. The summed E-state index contributed by atoms with van der Waals surface area (Å²) >= 11 is 1.65. The molecule has 3 aromatic rings. The monoisotopic (exact) mass is 361 g/mol. The molecular formula is C21H19N3OS. The third-order valence-electron chi connectivity index (χ3n) is 4.61. The molecule has 1 unspecified atom stereocenters. The van der Waals surface area contributed by atoms with Crippen LogP contribution in [0.5, 0.6) is 0 Å². The van der Waals surface area contributed by atoms with E-state index >= 15 is 0 Å². The lowest BCUT2D eigenvalue weighted by molar-refractivity contribution is 0.0293. The Bertz CT molecular complexity index is 907. The molecule has 1 fully saturated rings. The number of benzene rings is 2. The molecule has 1 atom stereocenters. The van der Waals surface area contributed by atoms with Gasteiger partial charge in [-0.15, -0.1) is 11.3 Å². The molecule has 0 amide bonds. The average molecular weight is 361 g/mol. The number of hydrogen-bond acceptors (Lipinski definition) is 5. The van der Waals surface area contributed by atoms with Crippen LogP contribution in [0.1, 0.15) is 11.1 Å². The first-order valence-electron chi connectivity index (χ1n) is 8.69. The van der Waals surface area contributed by atoms with Gasteiger partial charge in [-0.2, -0.15) is 5.26 Å². The zero-order valence-electron chi connectivity index (χ0n) is 14.3. The van der Waals surface area contributed by atoms with Crippen molar-refractivity contribution < 1.29 is 4.74 Å². The normalized spacial score (nSPS) is 17.0. The van der Waals surface area contributed by atoms with Gasteiger partial charge in [-0.1, -0.05) is 30.3 Å². The highest BCUT2D eigenvalue weighted by Gasteiger charge is 2.19. The van der Waals surface area contributed by atoms with Crippen LogP contribution in [0.2, 0.25) is 0 Å². The molecule has 0 aliphatic carbocycles. The van der Waals surface area contributed by atoms with E-state index in [-0.39, 0.29) is 6.10 Å². The highest BCUT2D eigenvalue weighted by Crippen LogP contribution is 2.37. The van der Waals surface area contributed by atoms with Gasteiger partial charge < -0.3 is 10.1 Å². The van der Waals surface area contributed by atoms with Gasteiger partial charge >= 0.3 is 0 Å². The van der Waals surface area contributed by atoms with Crippen molar-refractivity contribution in [2.24, 2.45) is 0 Å². The molecule has 4 nitrogen and oxygen atoms in total. The van der Waals surface area contributed by atoms with Crippen molar-refractivity contribution in [1.29, 1.82) is 5.26 Å². The summed E-state index contributed by atoms with van der Waals surface area (Å²) < 4.78 is 5.92. The highest BCUT2D eigenvalue weighted by molar-refractivity contribution is 7.13. The van der Waals surface area contributed by atoms with E-state index in [1.54, 1.807) is 11.3 Å². The summed E-state index contributed by atoms with van der Waals surface area (Å²) in [4.78, 5) is 5.44. The average Bonchev–Trinajstić information content (AvgIpc) is 3.23. The van der Waals surface area contributed by atoms with E-state index in [0.717, 1.165) is 36.6 Å². The van der Waals surface area contributed by atoms with Gasteiger partial charge in [0.25, 0.3) is 0 Å². The molecule has 2 heterocycles. The topological polar surface area (TPSA) is 57.9 Å². The molecule has 2 aromatic carbocycles. The molecule has 0 radical (unpaired) electrons. The minimum Gasteiger partial charge on any atom is -0.375 e. The first-order valence-corrected chi connectivity index (χ1v) is 9.57. The van der Waals surface area contributed by atoms with E-state index in [9.17, 15) is 0 Å². The number of hydrogen-bond donors (Lipinski definition) is 1. The summed E-state index contributed by atoms with van der Waals surface area (Å²) in [6.45, 7) is 2.56. The lowest BCUT2D eigenvalue weighted by atomic mass is 9.91. The van der Waals surface area contributed by atoms with Crippen LogP contribution in [0.3, 0.4) is 0 Å². The molecule has 1 aromatic heterocycles.